The monoisotopic (exact) mass is 520 g/mol. The lowest BCUT2D eigenvalue weighted by molar-refractivity contribution is -0.133. The summed E-state index contributed by atoms with van der Waals surface area (Å²) in [4.78, 5) is 25.9. The Kier molecular flexibility index (Phi) is 9.03. The number of aryl methyl sites for hydroxylation is 4. The SMILES string of the molecule is Cc1cc(C(C)(C)CC(C)(C)C)cc(C)c1NC(=O)C(=O)Nc1c(C)cc(C(C)(C)CC(C)(C)C)cc1C. The third-order valence-corrected chi connectivity index (χ3v) is 7.26. The minimum Gasteiger partial charge on any atom is -0.317 e. The number of benzene rings is 2. The summed E-state index contributed by atoms with van der Waals surface area (Å²) >= 11 is 0. The number of hydrogen-bond acceptors (Lipinski definition) is 2. The summed E-state index contributed by atoms with van der Waals surface area (Å²) in [5, 5.41) is 5.75. The molecule has 0 saturated heterocycles. The Morgan fingerprint density at radius 3 is 0.974 bits per heavy atom. The van der Waals surface area contributed by atoms with Gasteiger partial charge in [0.1, 0.15) is 0 Å². The van der Waals surface area contributed by atoms with E-state index in [-0.39, 0.29) is 21.7 Å². The van der Waals surface area contributed by atoms with Crippen LogP contribution in [-0.2, 0) is 20.4 Å². The standard InChI is InChI=1S/C34H52N2O2/c1-21-15-25(33(11,12)19-31(5,6)7)16-22(2)27(21)35-29(37)30(38)36-28-23(3)17-26(18-24(28)4)34(13,14)20-32(8,9)10/h15-18H,19-20H2,1-14H3,(H,35,37)(H,36,38). The molecule has 0 unspecified atom stereocenters. The summed E-state index contributed by atoms with van der Waals surface area (Å²) in [6.45, 7) is 30.5. The third kappa shape index (κ3) is 8.19. The van der Waals surface area contributed by atoms with Crippen molar-refractivity contribution in [3.05, 3.63) is 57.6 Å². The first kappa shape index (κ1) is 31.6. The van der Waals surface area contributed by atoms with Gasteiger partial charge in [0, 0.05) is 11.4 Å². The van der Waals surface area contributed by atoms with Crippen LogP contribution in [0.2, 0.25) is 0 Å². The number of amides is 2. The van der Waals surface area contributed by atoms with Crippen molar-refractivity contribution in [2.75, 3.05) is 10.6 Å². The van der Waals surface area contributed by atoms with Crippen molar-refractivity contribution in [3.8, 4) is 0 Å². The average Bonchev–Trinajstić information content (AvgIpc) is 2.69. The van der Waals surface area contributed by atoms with Gasteiger partial charge in [0.15, 0.2) is 0 Å². The van der Waals surface area contributed by atoms with E-state index < -0.39 is 11.8 Å². The number of carbonyl (C=O) groups is 2. The second-order valence-electron chi connectivity index (χ2n) is 15.1. The molecule has 210 valence electrons. The number of carbonyl (C=O) groups excluding carboxylic acids is 2. The van der Waals surface area contributed by atoms with E-state index in [0.29, 0.717) is 11.4 Å². The lowest BCUT2D eigenvalue weighted by atomic mass is 9.71. The second kappa shape index (κ2) is 10.9. The van der Waals surface area contributed by atoms with Gasteiger partial charge in [-0.25, -0.2) is 0 Å². The molecule has 2 aromatic carbocycles. The topological polar surface area (TPSA) is 58.2 Å². The molecule has 0 saturated carbocycles. The molecule has 0 radical (unpaired) electrons. The molecule has 0 spiro atoms. The van der Waals surface area contributed by atoms with Gasteiger partial charge in [-0.05, 0) is 95.6 Å². The summed E-state index contributed by atoms with van der Waals surface area (Å²) in [6.07, 6.45) is 2.08. The highest BCUT2D eigenvalue weighted by molar-refractivity contribution is 6.44. The van der Waals surface area contributed by atoms with Crippen molar-refractivity contribution in [1.29, 1.82) is 0 Å². The van der Waals surface area contributed by atoms with Crippen molar-refractivity contribution >= 4 is 23.2 Å². The molecule has 0 bridgehead atoms. The van der Waals surface area contributed by atoms with Gasteiger partial charge in [0.05, 0.1) is 0 Å². The first-order valence-electron chi connectivity index (χ1n) is 13.9. The minimum absolute atomic E-state index is 0.00362. The van der Waals surface area contributed by atoms with E-state index in [0.717, 1.165) is 35.1 Å². The van der Waals surface area contributed by atoms with Crippen LogP contribution in [-0.4, -0.2) is 11.8 Å². The Morgan fingerprint density at radius 1 is 0.526 bits per heavy atom. The van der Waals surface area contributed by atoms with Crippen LogP contribution < -0.4 is 10.6 Å². The van der Waals surface area contributed by atoms with Crippen LogP contribution in [0.15, 0.2) is 24.3 Å². The zero-order valence-electron chi connectivity index (χ0n) is 26.5. The van der Waals surface area contributed by atoms with Crippen LogP contribution in [0.4, 0.5) is 11.4 Å². The molecule has 0 fully saturated rings. The molecule has 0 aliphatic rings. The Labute approximate surface area is 232 Å². The van der Waals surface area contributed by atoms with E-state index >= 15 is 0 Å². The maximum atomic E-state index is 13.0. The Bertz CT molecular complexity index is 1060. The Hall–Kier alpha value is -2.62. The number of nitrogens with one attached hydrogen (secondary N) is 2. The van der Waals surface area contributed by atoms with E-state index in [9.17, 15) is 9.59 Å². The van der Waals surface area contributed by atoms with Crippen molar-refractivity contribution in [2.45, 2.75) is 121 Å². The normalized spacial score (nSPS) is 12.9. The molecular formula is C34H52N2O2. The molecule has 0 aromatic heterocycles. The van der Waals surface area contributed by atoms with Crippen molar-refractivity contribution in [3.63, 3.8) is 0 Å². The molecular weight excluding hydrogens is 468 g/mol. The zero-order valence-corrected chi connectivity index (χ0v) is 26.5. The first-order chi connectivity index (χ1) is 17.0. The number of hydrogen-bond donors (Lipinski definition) is 2. The lowest BCUT2D eigenvalue weighted by Gasteiger charge is -2.34. The van der Waals surface area contributed by atoms with Gasteiger partial charge in [-0.2, -0.15) is 0 Å². The fourth-order valence-corrected chi connectivity index (χ4v) is 6.30. The highest BCUT2D eigenvalue weighted by atomic mass is 16.2. The van der Waals surface area contributed by atoms with Crippen LogP contribution in [0, 0.1) is 38.5 Å². The first-order valence-corrected chi connectivity index (χ1v) is 13.9. The Morgan fingerprint density at radius 2 is 0.763 bits per heavy atom. The van der Waals surface area contributed by atoms with Gasteiger partial charge < -0.3 is 10.6 Å². The van der Waals surface area contributed by atoms with Gasteiger partial charge in [-0.1, -0.05) is 93.5 Å². The quantitative estimate of drug-likeness (QED) is 0.374. The highest BCUT2D eigenvalue weighted by Gasteiger charge is 2.30. The molecule has 0 atom stereocenters. The lowest BCUT2D eigenvalue weighted by Crippen LogP contribution is -2.31. The van der Waals surface area contributed by atoms with Gasteiger partial charge in [0.2, 0.25) is 0 Å². The summed E-state index contributed by atoms with van der Waals surface area (Å²) in [5.41, 5.74) is 8.12. The predicted molar refractivity (Wildman–Crippen MR) is 163 cm³/mol. The summed E-state index contributed by atoms with van der Waals surface area (Å²) in [5.74, 6) is -1.32. The van der Waals surface area contributed by atoms with Crippen LogP contribution in [0.3, 0.4) is 0 Å². The minimum atomic E-state index is -0.658. The highest BCUT2D eigenvalue weighted by Crippen LogP contribution is 2.39. The molecule has 2 amide bonds. The van der Waals surface area contributed by atoms with Crippen LogP contribution in [0.25, 0.3) is 0 Å². The van der Waals surface area contributed by atoms with E-state index in [1.54, 1.807) is 0 Å². The smallest absolute Gasteiger partial charge is 0.314 e. The fourth-order valence-electron chi connectivity index (χ4n) is 6.30. The van der Waals surface area contributed by atoms with Crippen LogP contribution in [0.5, 0.6) is 0 Å². The molecule has 4 heteroatoms. The molecule has 0 heterocycles. The molecule has 2 aromatic rings. The predicted octanol–water partition coefficient (Wildman–Crippen LogP) is 8.93. The van der Waals surface area contributed by atoms with Crippen molar-refractivity contribution in [2.24, 2.45) is 10.8 Å². The van der Waals surface area contributed by atoms with E-state index in [4.69, 9.17) is 0 Å². The maximum Gasteiger partial charge on any atom is 0.314 e. The zero-order chi connectivity index (χ0) is 29.4. The Balaban J connectivity index is 2.24. The summed E-state index contributed by atoms with van der Waals surface area (Å²) in [6, 6.07) is 8.55. The van der Waals surface area contributed by atoms with Crippen molar-refractivity contribution in [1.82, 2.24) is 0 Å². The molecule has 4 nitrogen and oxygen atoms in total. The van der Waals surface area contributed by atoms with Gasteiger partial charge in [-0.15, -0.1) is 0 Å². The molecule has 0 aliphatic heterocycles. The maximum absolute atomic E-state index is 13.0. The summed E-state index contributed by atoms with van der Waals surface area (Å²) in [7, 11) is 0. The largest absolute Gasteiger partial charge is 0.317 e. The number of anilines is 2. The van der Waals surface area contributed by atoms with E-state index in [1.807, 2.05) is 27.7 Å². The van der Waals surface area contributed by atoms with Crippen LogP contribution >= 0.6 is 0 Å². The van der Waals surface area contributed by atoms with Gasteiger partial charge in [-0.3, -0.25) is 9.59 Å². The van der Waals surface area contributed by atoms with Gasteiger partial charge in [0.25, 0.3) is 0 Å². The molecule has 2 N–H and O–H groups in total. The summed E-state index contributed by atoms with van der Waals surface area (Å²) < 4.78 is 0. The molecule has 0 aliphatic carbocycles. The fraction of sp³-hybridized carbons (Fsp3) is 0.588. The molecule has 38 heavy (non-hydrogen) atoms. The third-order valence-electron chi connectivity index (χ3n) is 7.26. The second-order valence-corrected chi connectivity index (χ2v) is 15.1. The number of rotatable bonds is 6. The van der Waals surface area contributed by atoms with Crippen LogP contribution in [0.1, 0.15) is 115 Å². The van der Waals surface area contributed by atoms with E-state index in [2.05, 4.69) is 104 Å². The molecule has 2 rings (SSSR count). The van der Waals surface area contributed by atoms with Gasteiger partial charge >= 0.3 is 11.8 Å². The van der Waals surface area contributed by atoms with E-state index in [1.165, 1.54) is 11.1 Å². The average molecular weight is 521 g/mol. The van der Waals surface area contributed by atoms with Crippen molar-refractivity contribution < 1.29 is 9.59 Å².